The highest BCUT2D eigenvalue weighted by molar-refractivity contribution is 9.16. The second-order valence-corrected chi connectivity index (χ2v) is 4.70. The summed E-state index contributed by atoms with van der Waals surface area (Å²) >= 11 is 7.09. The number of aromatic nitrogens is 2. The Morgan fingerprint density at radius 1 is 1.29 bits per heavy atom. The third kappa shape index (κ3) is 3.50. The number of rotatable bonds is 4. The molecule has 2 nitrogen and oxygen atoms in total. The minimum absolute atomic E-state index is 1.01. The molecule has 0 bridgehead atoms. The van der Waals surface area contributed by atoms with Gasteiger partial charge in [0.1, 0.15) is 6.33 Å². The summed E-state index contributed by atoms with van der Waals surface area (Å²) in [5.74, 6) is 0. The fraction of sp³-hybridized carbons (Fsp3) is 0.400. The van der Waals surface area contributed by atoms with Crippen LogP contribution >= 0.6 is 31.9 Å². The largest absolute Gasteiger partial charge is 0.244 e. The number of hydrogen-bond donors (Lipinski definition) is 0. The van der Waals surface area contributed by atoms with Crippen LogP contribution in [0.1, 0.15) is 31.7 Å². The number of nitrogens with zero attached hydrogens (tertiary/aromatic N) is 2. The lowest BCUT2D eigenvalue weighted by atomic mass is 10.2. The van der Waals surface area contributed by atoms with Crippen molar-refractivity contribution in [3.8, 4) is 0 Å². The van der Waals surface area contributed by atoms with Crippen LogP contribution in [-0.2, 0) is 0 Å². The van der Waals surface area contributed by atoms with E-state index in [-0.39, 0.29) is 0 Å². The predicted octanol–water partition coefficient (Wildman–Crippen LogP) is 4.13. The summed E-state index contributed by atoms with van der Waals surface area (Å²) < 4.78 is 2.22. The molecule has 1 rings (SSSR count). The van der Waals surface area contributed by atoms with Gasteiger partial charge in [-0.25, -0.2) is 9.97 Å². The van der Waals surface area contributed by atoms with E-state index in [2.05, 4.69) is 48.8 Å². The molecule has 0 saturated carbocycles. The topological polar surface area (TPSA) is 25.8 Å². The SMILES string of the molecule is CCCC/C(Br)=C(\Br)c1cncnc1. The zero-order valence-corrected chi connectivity index (χ0v) is 11.2. The highest BCUT2D eigenvalue weighted by Gasteiger charge is 2.03. The van der Waals surface area contributed by atoms with Crippen LogP contribution < -0.4 is 0 Å². The van der Waals surface area contributed by atoms with E-state index >= 15 is 0 Å². The van der Waals surface area contributed by atoms with Gasteiger partial charge in [0, 0.05) is 26.9 Å². The summed E-state index contributed by atoms with van der Waals surface area (Å²) in [4.78, 5) is 7.94. The molecular weight excluding hydrogens is 308 g/mol. The molecule has 1 aromatic rings. The predicted molar refractivity (Wildman–Crippen MR) is 66.3 cm³/mol. The lowest BCUT2D eigenvalue weighted by Crippen LogP contribution is -1.84. The van der Waals surface area contributed by atoms with E-state index in [1.807, 2.05) is 0 Å². The van der Waals surface area contributed by atoms with Gasteiger partial charge in [0.2, 0.25) is 0 Å². The van der Waals surface area contributed by atoms with Crippen LogP contribution in [0.3, 0.4) is 0 Å². The van der Waals surface area contributed by atoms with Crippen molar-refractivity contribution in [1.29, 1.82) is 0 Å². The Morgan fingerprint density at radius 3 is 2.50 bits per heavy atom. The number of halogens is 2. The lowest BCUT2D eigenvalue weighted by molar-refractivity contribution is 0.812. The highest BCUT2D eigenvalue weighted by Crippen LogP contribution is 2.30. The Morgan fingerprint density at radius 2 is 1.93 bits per heavy atom. The maximum absolute atomic E-state index is 3.97. The molecule has 0 saturated heterocycles. The second-order valence-electron chi connectivity index (χ2n) is 2.95. The fourth-order valence-corrected chi connectivity index (χ4v) is 1.92. The smallest absolute Gasteiger partial charge is 0.115 e. The van der Waals surface area contributed by atoms with E-state index in [1.54, 1.807) is 12.4 Å². The van der Waals surface area contributed by atoms with Crippen LogP contribution in [0.25, 0.3) is 4.48 Å². The summed E-state index contributed by atoms with van der Waals surface area (Å²) in [6.07, 6.45) is 8.55. The van der Waals surface area contributed by atoms with Crippen LogP contribution in [-0.4, -0.2) is 9.97 Å². The van der Waals surface area contributed by atoms with Crippen molar-refractivity contribution in [2.24, 2.45) is 0 Å². The van der Waals surface area contributed by atoms with Crippen molar-refractivity contribution in [2.75, 3.05) is 0 Å². The maximum Gasteiger partial charge on any atom is 0.115 e. The van der Waals surface area contributed by atoms with Gasteiger partial charge in [0.25, 0.3) is 0 Å². The Kier molecular flexibility index (Phi) is 5.33. The first kappa shape index (κ1) is 11.9. The van der Waals surface area contributed by atoms with Crippen molar-refractivity contribution in [1.82, 2.24) is 9.97 Å². The van der Waals surface area contributed by atoms with Gasteiger partial charge in [0.05, 0.1) is 0 Å². The molecule has 0 spiro atoms. The third-order valence-corrected chi connectivity index (χ3v) is 4.06. The molecule has 0 fully saturated rings. The van der Waals surface area contributed by atoms with Crippen molar-refractivity contribution < 1.29 is 0 Å². The van der Waals surface area contributed by atoms with Gasteiger partial charge in [-0.1, -0.05) is 29.3 Å². The van der Waals surface area contributed by atoms with Crippen molar-refractivity contribution in [3.63, 3.8) is 0 Å². The summed E-state index contributed by atoms with van der Waals surface area (Å²) in [5, 5.41) is 0. The summed E-state index contributed by atoms with van der Waals surface area (Å²) in [5.41, 5.74) is 1.01. The van der Waals surface area contributed by atoms with Gasteiger partial charge in [-0.05, 0) is 28.8 Å². The minimum atomic E-state index is 1.01. The van der Waals surface area contributed by atoms with E-state index in [4.69, 9.17) is 0 Å². The fourth-order valence-electron chi connectivity index (χ4n) is 1.01. The zero-order chi connectivity index (χ0) is 10.4. The first-order valence-corrected chi connectivity index (χ1v) is 6.13. The zero-order valence-electron chi connectivity index (χ0n) is 8.00. The Bertz CT molecular complexity index is 309. The van der Waals surface area contributed by atoms with Crippen LogP contribution in [0.2, 0.25) is 0 Å². The molecule has 0 atom stereocenters. The van der Waals surface area contributed by atoms with Crippen LogP contribution in [0.5, 0.6) is 0 Å². The molecular formula is C10H12Br2N2. The molecule has 76 valence electrons. The van der Waals surface area contributed by atoms with Gasteiger partial charge < -0.3 is 0 Å². The van der Waals surface area contributed by atoms with Crippen molar-refractivity contribution in [3.05, 3.63) is 28.8 Å². The summed E-state index contributed by atoms with van der Waals surface area (Å²) in [7, 11) is 0. The molecule has 1 aromatic heterocycles. The quantitative estimate of drug-likeness (QED) is 0.834. The molecule has 0 amide bonds. The Hall–Kier alpha value is -0.220. The monoisotopic (exact) mass is 318 g/mol. The molecule has 0 aliphatic carbocycles. The normalized spacial score (nSPS) is 12.5. The molecule has 14 heavy (non-hydrogen) atoms. The van der Waals surface area contributed by atoms with Gasteiger partial charge in [0.15, 0.2) is 0 Å². The standard InChI is InChI=1S/C10H12Br2N2/c1-2-3-4-9(11)10(12)8-5-13-7-14-6-8/h5-7H,2-4H2,1H3/b10-9+. The van der Waals surface area contributed by atoms with Gasteiger partial charge in [-0.2, -0.15) is 0 Å². The third-order valence-electron chi connectivity index (χ3n) is 1.80. The summed E-state index contributed by atoms with van der Waals surface area (Å²) in [6.45, 7) is 2.18. The first-order valence-electron chi connectivity index (χ1n) is 4.55. The van der Waals surface area contributed by atoms with Gasteiger partial charge >= 0.3 is 0 Å². The van der Waals surface area contributed by atoms with E-state index < -0.39 is 0 Å². The molecule has 0 unspecified atom stereocenters. The van der Waals surface area contributed by atoms with E-state index in [0.29, 0.717) is 0 Å². The Balaban J connectivity index is 2.77. The molecule has 0 radical (unpaired) electrons. The van der Waals surface area contributed by atoms with E-state index in [0.717, 1.165) is 16.5 Å². The van der Waals surface area contributed by atoms with Crippen LogP contribution in [0.4, 0.5) is 0 Å². The highest BCUT2D eigenvalue weighted by atomic mass is 79.9. The molecule has 0 aromatic carbocycles. The van der Waals surface area contributed by atoms with E-state index in [9.17, 15) is 0 Å². The van der Waals surface area contributed by atoms with Crippen LogP contribution in [0, 0.1) is 0 Å². The lowest BCUT2D eigenvalue weighted by Gasteiger charge is -2.03. The van der Waals surface area contributed by atoms with Crippen LogP contribution in [0.15, 0.2) is 23.2 Å². The molecule has 1 heterocycles. The van der Waals surface area contributed by atoms with Gasteiger partial charge in [-0.15, -0.1) is 0 Å². The molecule has 0 aliphatic heterocycles. The number of hydrogen-bond acceptors (Lipinski definition) is 2. The first-order chi connectivity index (χ1) is 6.75. The van der Waals surface area contributed by atoms with E-state index in [1.165, 1.54) is 23.7 Å². The minimum Gasteiger partial charge on any atom is -0.244 e. The number of unbranched alkanes of at least 4 members (excludes halogenated alkanes) is 1. The Labute approximate surface area is 101 Å². The van der Waals surface area contributed by atoms with Crippen molar-refractivity contribution in [2.45, 2.75) is 26.2 Å². The average molecular weight is 320 g/mol. The molecule has 0 N–H and O–H groups in total. The summed E-state index contributed by atoms with van der Waals surface area (Å²) in [6, 6.07) is 0. The van der Waals surface area contributed by atoms with Crippen molar-refractivity contribution >= 4 is 36.3 Å². The average Bonchev–Trinajstić information content (AvgIpc) is 2.26. The van der Waals surface area contributed by atoms with Gasteiger partial charge in [-0.3, -0.25) is 0 Å². The second kappa shape index (κ2) is 6.30. The molecule has 0 aliphatic rings. The maximum atomic E-state index is 3.97. The number of allylic oxidation sites excluding steroid dienone is 1. The molecule has 4 heteroatoms.